The van der Waals surface area contributed by atoms with Crippen LogP contribution in [0.15, 0.2) is 188 Å². The third-order valence-electron chi connectivity index (χ3n) is 9.49. The average molecular weight is 718 g/mol. The molecule has 262 valence electrons. The first-order chi connectivity index (χ1) is 27.7. The molecule has 7 nitrogen and oxygen atoms in total. The van der Waals surface area contributed by atoms with Crippen LogP contribution in [0.5, 0.6) is 0 Å². The van der Waals surface area contributed by atoms with Gasteiger partial charge < -0.3 is 0 Å². The van der Waals surface area contributed by atoms with Crippen LogP contribution >= 0.6 is 0 Å². The second-order valence-corrected chi connectivity index (χ2v) is 13.0. The van der Waals surface area contributed by atoms with Crippen molar-refractivity contribution in [2.45, 2.75) is 0 Å². The van der Waals surface area contributed by atoms with Crippen LogP contribution < -0.4 is 0 Å². The first-order valence-corrected chi connectivity index (χ1v) is 18.2. The van der Waals surface area contributed by atoms with E-state index in [-0.39, 0.29) is 0 Å². The van der Waals surface area contributed by atoms with Crippen LogP contribution in [0, 0.1) is 11.3 Å². The van der Waals surface area contributed by atoms with E-state index in [1.807, 2.05) is 188 Å². The number of rotatable bonds is 8. The Hall–Kier alpha value is -7.95. The third-order valence-corrected chi connectivity index (χ3v) is 9.49. The van der Waals surface area contributed by atoms with Gasteiger partial charge in [0.15, 0.2) is 34.9 Å². The van der Waals surface area contributed by atoms with Gasteiger partial charge in [0.1, 0.15) is 6.07 Å². The summed E-state index contributed by atoms with van der Waals surface area (Å²) in [6, 6.07) is 64.1. The lowest BCUT2D eigenvalue weighted by Gasteiger charge is -2.15. The van der Waals surface area contributed by atoms with E-state index in [4.69, 9.17) is 29.9 Å². The SMILES string of the molecule is N#Cc1c(-c2ccc(-c3nc(-c4ccccc4)nc(-c4ccccc4)n3)cc2)cccc1-c1ccccc1-c1nc(-c2ccccc2)nc(-c2ccccc2)n1. The molecule has 0 fully saturated rings. The molecule has 56 heavy (non-hydrogen) atoms. The predicted octanol–water partition coefficient (Wildman–Crippen LogP) is 11.3. The van der Waals surface area contributed by atoms with Crippen molar-refractivity contribution in [2.75, 3.05) is 0 Å². The summed E-state index contributed by atoms with van der Waals surface area (Å²) in [6.45, 7) is 0. The van der Waals surface area contributed by atoms with Crippen molar-refractivity contribution in [1.29, 1.82) is 5.26 Å². The second-order valence-electron chi connectivity index (χ2n) is 13.0. The lowest BCUT2D eigenvalue weighted by Crippen LogP contribution is -2.01. The van der Waals surface area contributed by atoms with Crippen LogP contribution in [-0.2, 0) is 0 Å². The fourth-order valence-electron chi connectivity index (χ4n) is 6.72. The van der Waals surface area contributed by atoms with E-state index < -0.39 is 0 Å². The smallest absolute Gasteiger partial charge is 0.164 e. The number of benzene rings is 7. The van der Waals surface area contributed by atoms with Crippen LogP contribution in [0.1, 0.15) is 5.56 Å². The predicted molar refractivity (Wildman–Crippen MR) is 221 cm³/mol. The Morgan fingerprint density at radius 2 is 0.554 bits per heavy atom. The normalized spacial score (nSPS) is 10.8. The summed E-state index contributed by atoms with van der Waals surface area (Å²) in [5, 5.41) is 10.8. The summed E-state index contributed by atoms with van der Waals surface area (Å²) < 4.78 is 0. The zero-order chi connectivity index (χ0) is 37.7. The van der Waals surface area contributed by atoms with Crippen molar-refractivity contribution in [1.82, 2.24) is 29.9 Å². The fraction of sp³-hybridized carbons (Fsp3) is 0. The number of hydrogen-bond acceptors (Lipinski definition) is 7. The molecule has 0 aliphatic rings. The van der Waals surface area contributed by atoms with Crippen molar-refractivity contribution in [3.63, 3.8) is 0 Å². The standard InChI is InChI=1S/C49H31N7/c50-32-43-39(33-28-30-38(31-29-33)48-52-44(34-16-5-1-6-17-34)51-45(53-48)35-18-7-2-8-19-35)26-15-27-41(43)40-24-13-14-25-42(40)49-55-46(36-20-9-3-10-21-36)54-47(56-49)37-22-11-4-12-23-37/h1-31H. The molecule has 0 atom stereocenters. The zero-order valence-electron chi connectivity index (χ0n) is 30.0. The molecular formula is C49H31N7. The Labute approximate surface area is 324 Å². The maximum Gasteiger partial charge on any atom is 0.164 e. The largest absolute Gasteiger partial charge is 0.208 e. The third kappa shape index (κ3) is 6.82. The highest BCUT2D eigenvalue weighted by molar-refractivity contribution is 5.89. The quantitative estimate of drug-likeness (QED) is 0.154. The van der Waals surface area contributed by atoms with Crippen molar-refractivity contribution in [2.24, 2.45) is 0 Å². The van der Waals surface area contributed by atoms with Crippen LogP contribution in [-0.4, -0.2) is 29.9 Å². The lowest BCUT2D eigenvalue weighted by molar-refractivity contribution is 1.07. The van der Waals surface area contributed by atoms with Gasteiger partial charge in [-0.3, -0.25) is 0 Å². The molecule has 0 aliphatic carbocycles. The molecule has 0 saturated carbocycles. The molecule has 2 aromatic heterocycles. The van der Waals surface area contributed by atoms with Crippen molar-refractivity contribution in [3.05, 3.63) is 194 Å². The van der Waals surface area contributed by atoms with E-state index >= 15 is 0 Å². The Morgan fingerprint density at radius 3 is 0.964 bits per heavy atom. The van der Waals surface area contributed by atoms with E-state index in [2.05, 4.69) is 6.07 Å². The maximum atomic E-state index is 10.8. The van der Waals surface area contributed by atoms with E-state index in [1.165, 1.54) is 0 Å². The van der Waals surface area contributed by atoms with Gasteiger partial charge >= 0.3 is 0 Å². The lowest BCUT2D eigenvalue weighted by atomic mass is 9.90. The topological polar surface area (TPSA) is 101 Å². The summed E-state index contributed by atoms with van der Waals surface area (Å²) in [6.07, 6.45) is 0. The summed E-state index contributed by atoms with van der Waals surface area (Å²) in [4.78, 5) is 29.5. The van der Waals surface area contributed by atoms with Crippen LogP contribution in [0.4, 0.5) is 0 Å². The van der Waals surface area contributed by atoms with Gasteiger partial charge in [-0.05, 0) is 11.1 Å². The second kappa shape index (κ2) is 15.2. The van der Waals surface area contributed by atoms with Gasteiger partial charge in [-0.25, -0.2) is 29.9 Å². The minimum Gasteiger partial charge on any atom is -0.208 e. The number of aromatic nitrogens is 6. The van der Waals surface area contributed by atoms with E-state index in [0.29, 0.717) is 40.5 Å². The van der Waals surface area contributed by atoms with Gasteiger partial charge in [-0.1, -0.05) is 188 Å². The van der Waals surface area contributed by atoms with Crippen molar-refractivity contribution >= 4 is 0 Å². The summed E-state index contributed by atoms with van der Waals surface area (Å²) in [5.41, 5.74) is 9.10. The highest BCUT2D eigenvalue weighted by Crippen LogP contribution is 2.38. The van der Waals surface area contributed by atoms with Gasteiger partial charge in [-0.2, -0.15) is 5.26 Å². The number of nitriles is 1. The molecule has 7 aromatic carbocycles. The Kier molecular flexibility index (Phi) is 9.18. The molecule has 0 N–H and O–H groups in total. The molecule has 0 spiro atoms. The minimum absolute atomic E-state index is 0.522. The first kappa shape index (κ1) is 33.9. The molecule has 0 saturated heterocycles. The van der Waals surface area contributed by atoms with Gasteiger partial charge in [0.05, 0.1) is 5.56 Å². The van der Waals surface area contributed by atoms with Crippen molar-refractivity contribution < 1.29 is 0 Å². The zero-order valence-corrected chi connectivity index (χ0v) is 30.0. The van der Waals surface area contributed by atoms with Gasteiger partial charge in [0, 0.05) is 44.5 Å². The fourth-order valence-corrected chi connectivity index (χ4v) is 6.72. The Bertz CT molecular complexity index is 2720. The highest BCUT2D eigenvalue weighted by atomic mass is 15.0. The molecule has 7 heteroatoms. The minimum atomic E-state index is 0.522. The molecule has 9 aromatic rings. The van der Waals surface area contributed by atoms with Crippen LogP contribution in [0.3, 0.4) is 0 Å². The molecular weight excluding hydrogens is 687 g/mol. The molecule has 0 radical (unpaired) electrons. The summed E-state index contributed by atoms with van der Waals surface area (Å²) in [5.74, 6) is 3.43. The molecule has 0 aliphatic heterocycles. The summed E-state index contributed by atoms with van der Waals surface area (Å²) in [7, 11) is 0. The van der Waals surface area contributed by atoms with Crippen LogP contribution in [0.25, 0.3) is 90.6 Å². The average Bonchev–Trinajstić information content (AvgIpc) is 3.29. The Balaban J connectivity index is 1.12. The molecule has 0 bridgehead atoms. The maximum absolute atomic E-state index is 10.8. The monoisotopic (exact) mass is 717 g/mol. The molecule has 0 unspecified atom stereocenters. The van der Waals surface area contributed by atoms with Crippen molar-refractivity contribution in [3.8, 4) is 96.7 Å². The van der Waals surface area contributed by atoms with E-state index in [9.17, 15) is 5.26 Å². The van der Waals surface area contributed by atoms with E-state index in [1.54, 1.807) is 0 Å². The molecule has 0 amide bonds. The highest BCUT2D eigenvalue weighted by Gasteiger charge is 2.19. The number of nitrogens with zero attached hydrogens (tertiary/aromatic N) is 7. The van der Waals surface area contributed by atoms with Gasteiger partial charge in [0.2, 0.25) is 0 Å². The molecule has 9 rings (SSSR count). The van der Waals surface area contributed by atoms with Gasteiger partial charge in [-0.15, -0.1) is 0 Å². The van der Waals surface area contributed by atoms with Crippen LogP contribution in [0.2, 0.25) is 0 Å². The first-order valence-electron chi connectivity index (χ1n) is 18.2. The molecule has 2 heterocycles. The van der Waals surface area contributed by atoms with E-state index in [0.717, 1.165) is 55.6 Å². The number of hydrogen-bond donors (Lipinski definition) is 0. The van der Waals surface area contributed by atoms with Gasteiger partial charge in [0.25, 0.3) is 0 Å². The Morgan fingerprint density at radius 1 is 0.250 bits per heavy atom. The summed E-state index contributed by atoms with van der Waals surface area (Å²) >= 11 is 0.